The van der Waals surface area contributed by atoms with Crippen LogP contribution in [0.2, 0.25) is 0 Å². The first-order valence-corrected chi connectivity index (χ1v) is 13.5. The van der Waals surface area contributed by atoms with Crippen LogP contribution in [-0.4, -0.2) is 54.4 Å². The summed E-state index contributed by atoms with van der Waals surface area (Å²) in [5, 5.41) is 8.07. The number of nitrogens with one attached hydrogen (secondary N) is 1. The van der Waals surface area contributed by atoms with E-state index in [-0.39, 0.29) is 13.4 Å². The summed E-state index contributed by atoms with van der Waals surface area (Å²) in [7, 11) is 0. The van der Waals surface area contributed by atoms with Crippen molar-refractivity contribution in [1.82, 2.24) is 29.6 Å². The smallest absolute Gasteiger partial charge is 0.410 e. The molecule has 4 aromatic rings. The predicted octanol–water partition coefficient (Wildman–Crippen LogP) is 6.53. The zero-order valence-electron chi connectivity index (χ0n) is 23.0. The second kappa shape index (κ2) is 11.2. The van der Waals surface area contributed by atoms with Crippen LogP contribution in [0.3, 0.4) is 0 Å². The molecule has 0 saturated carbocycles. The molecule has 1 aliphatic rings. The molecule has 1 fully saturated rings. The van der Waals surface area contributed by atoms with Crippen LogP contribution in [0.1, 0.15) is 53.4 Å². The number of amides is 1. The summed E-state index contributed by atoms with van der Waals surface area (Å²) in [6.45, 7) is 9.91. The Balaban J connectivity index is 0.00000370. The molecule has 1 amide bonds. The Bertz CT molecular complexity index is 1420. The third-order valence-electron chi connectivity index (χ3n) is 6.66. The molecule has 3 aromatic heterocycles. The largest absolute Gasteiger partial charge is 0.444 e. The number of pyridine rings is 1. The van der Waals surface area contributed by atoms with E-state index >= 15 is 0 Å². The average molecular weight is 528 g/mol. The van der Waals surface area contributed by atoms with Crippen molar-refractivity contribution in [3.05, 3.63) is 72.8 Å². The van der Waals surface area contributed by atoms with E-state index in [1.165, 1.54) is 5.56 Å². The highest BCUT2D eigenvalue weighted by molar-refractivity contribution is 5.78. The minimum absolute atomic E-state index is 0. The van der Waals surface area contributed by atoms with Gasteiger partial charge in [-0.3, -0.25) is 9.67 Å². The van der Waals surface area contributed by atoms with Gasteiger partial charge in [-0.15, -0.1) is 0 Å². The van der Waals surface area contributed by atoms with Crippen LogP contribution >= 0.6 is 0 Å². The summed E-state index contributed by atoms with van der Waals surface area (Å²) in [5.74, 6) is 0.788. The molecule has 1 saturated heterocycles. The Kier molecular flexibility index (Phi) is 7.58. The van der Waals surface area contributed by atoms with Crippen molar-refractivity contribution in [2.75, 3.05) is 18.4 Å². The molecule has 0 bridgehead atoms. The number of aryl methyl sites for hydroxylation is 1. The lowest BCUT2D eigenvalue weighted by molar-refractivity contribution is 0.0198. The van der Waals surface area contributed by atoms with Gasteiger partial charge in [-0.2, -0.15) is 5.10 Å². The molecule has 1 N–H and O–H groups in total. The highest BCUT2D eigenvalue weighted by atomic mass is 16.6. The van der Waals surface area contributed by atoms with Gasteiger partial charge in [0.15, 0.2) is 0 Å². The lowest BCUT2D eigenvalue weighted by atomic mass is 9.90. The maximum Gasteiger partial charge on any atom is 0.410 e. The number of carbonyl (C=O) groups is 1. The molecule has 0 aliphatic carbocycles. The van der Waals surface area contributed by atoms with E-state index < -0.39 is 5.60 Å². The van der Waals surface area contributed by atoms with Crippen LogP contribution in [0.4, 0.5) is 16.4 Å². The Labute approximate surface area is 230 Å². The molecule has 1 aliphatic heterocycles. The third kappa shape index (κ3) is 6.42. The SMILES string of the molecule is CCn1cc(-c2ccnc(Nc3ccc(C4CCCN(C(=O)OC(C)(C)C)C4)cc3)n2)c(-c2cccnc2)n1.[HH]. The summed E-state index contributed by atoms with van der Waals surface area (Å²) in [6.07, 6.45) is 9.09. The summed E-state index contributed by atoms with van der Waals surface area (Å²) in [4.78, 5) is 27.9. The van der Waals surface area contributed by atoms with Crippen molar-refractivity contribution in [2.24, 2.45) is 0 Å². The van der Waals surface area contributed by atoms with Crippen molar-refractivity contribution in [2.45, 2.75) is 58.6 Å². The molecule has 1 atom stereocenters. The van der Waals surface area contributed by atoms with Gasteiger partial charge in [0.05, 0.1) is 5.69 Å². The van der Waals surface area contributed by atoms with Gasteiger partial charge in [0.25, 0.3) is 0 Å². The number of benzene rings is 1. The highest BCUT2D eigenvalue weighted by Crippen LogP contribution is 2.31. The number of rotatable bonds is 6. The first-order valence-electron chi connectivity index (χ1n) is 13.5. The summed E-state index contributed by atoms with van der Waals surface area (Å²) in [5.41, 5.74) is 5.10. The van der Waals surface area contributed by atoms with Crippen LogP contribution in [0, 0.1) is 0 Å². The van der Waals surface area contributed by atoms with Gasteiger partial charge < -0.3 is 15.0 Å². The van der Waals surface area contributed by atoms with E-state index in [1.54, 1.807) is 12.4 Å². The number of piperidine rings is 1. The molecule has 1 aromatic carbocycles. The summed E-state index contributed by atoms with van der Waals surface area (Å²) < 4.78 is 7.49. The standard InChI is InChI=1S/C30H35N7O2.H2/c1-5-37-20-25(27(35-37)22-8-6-15-31-18-22)26-14-16-32-28(34-26)33-24-12-10-21(11-13-24)23-9-7-17-36(19-23)29(38)39-30(2,3)4;/h6,8,10-16,18,20,23H,5,7,9,17,19H2,1-4H3,(H,32,33,34);1H. The molecular weight excluding hydrogens is 490 g/mol. The van der Waals surface area contributed by atoms with Crippen molar-refractivity contribution in [3.8, 4) is 22.5 Å². The molecule has 0 spiro atoms. The van der Waals surface area contributed by atoms with Gasteiger partial charge in [0, 0.05) is 68.6 Å². The van der Waals surface area contributed by atoms with Gasteiger partial charge in [0.1, 0.15) is 11.3 Å². The van der Waals surface area contributed by atoms with E-state index in [9.17, 15) is 4.79 Å². The lowest BCUT2D eigenvalue weighted by Crippen LogP contribution is -2.42. The first-order chi connectivity index (χ1) is 18.8. The summed E-state index contributed by atoms with van der Waals surface area (Å²) in [6, 6.07) is 14.1. The fraction of sp³-hybridized carbons (Fsp3) is 0.367. The van der Waals surface area contributed by atoms with E-state index in [4.69, 9.17) is 14.8 Å². The molecule has 204 valence electrons. The maximum absolute atomic E-state index is 12.6. The van der Waals surface area contributed by atoms with Crippen molar-refractivity contribution >= 4 is 17.7 Å². The van der Waals surface area contributed by atoms with Crippen LogP contribution in [0.5, 0.6) is 0 Å². The minimum Gasteiger partial charge on any atom is -0.444 e. The number of ether oxygens (including phenoxy) is 1. The Hall–Kier alpha value is -4.27. The number of carbonyl (C=O) groups excluding carboxylic acids is 1. The molecule has 39 heavy (non-hydrogen) atoms. The van der Waals surface area contributed by atoms with Crippen molar-refractivity contribution in [1.29, 1.82) is 0 Å². The second-order valence-electron chi connectivity index (χ2n) is 10.8. The number of likely N-dealkylation sites (tertiary alicyclic amines) is 1. The van der Waals surface area contributed by atoms with Crippen molar-refractivity contribution < 1.29 is 11.0 Å². The monoisotopic (exact) mass is 527 g/mol. The first kappa shape index (κ1) is 26.3. The summed E-state index contributed by atoms with van der Waals surface area (Å²) >= 11 is 0. The number of hydrogen-bond donors (Lipinski definition) is 1. The quantitative estimate of drug-likeness (QED) is 0.304. The van der Waals surface area contributed by atoms with Gasteiger partial charge in [0.2, 0.25) is 5.95 Å². The number of aromatic nitrogens is 5. The number of nitrogens with zero attached hydrogens (tertiary/aromatic N) is 6. The zero-order valence-corrected chi connectivity index (χ0v) is 23.0. The van der Waals surface area contributed by atoms with Gasteiger partial charge in [-0.25, -0.2) is 14.8 Å². The topological polar surface area (TPSA) is 98.1 Å². The van der Waals surface area contributed by atoms with Crippen LogP contribution < -0.4 is 5.32 Å². The van der Waals surface area contributed by atoms with E-state index in [2.05, 4.69) is 34.3 Å². The Morgan fingerprint density at radius 1 is 1.15 bits per heavy atom. The lowest BCUT2D eigenvalue weighted by Gasteiger charge is -2.34. The van der Waals surface area contributed by atoms with Crippen molar-refractivity contribution in [3.63, 3.8) is 0 Å². The van der Waals surface area contributed by atoms with Gasteiger partial charge in [-0.05, 0) is 76.4 Å². The van der Waals surface area contributed by atoms with Gasteiger partial charge in [-0.1, -0.05) is 12.1 Å². The van der Waals surface area contributed by atoms with Gasteiger partial charge >= 0.3 is 6.09 Å². The normalized spacial score (nSPS) is 15.7. The van der Waals surface area contributed by atoms with E-state index in [0.717, 1.165) is 54.1 Å². The molecule has 5 rings (SSSR count). The average Bonchev–Trinajstić information content (AvgIpc) is 3.38. The Morgan fingerprint density at radius 2 is 1.97 bits per heavy atom. The predicted molar refractivity (Wildman–Crippen MR) is 154 cm³/mol. The maximum atomic E-state index is 12.6. The zero-order chi connectivity index (χ0) is 27.4. The molecule has 9 nitrogen and oxygen atoms in total. The molecule has 1 unspecified atom stereocenters. The highest BCUT2D eigenvalue weighted by Gasteiger charge is 2.28. The molecular formula is C30H37N7O2. The molecule has 0 radical (unpaired) electrons. The van der Waals surface area contributed by atoms with Crippen LogP contribution in [0.15, 0.2) is 67.3 Å². The molecule has 9 heteroatoms. The third-order valence-corrected chi connectivity index (χ3v) is 6.66. The number of hydrogen-bond acceptors (Lipinski definition) is 7. The Morgan fingerprint density at radius 3 is 2.69 bits per heavy atom. The van der Waals surface area contributed by atoms with E-state index in [1.807, 2.05) is 73.1 Å². The minimum atomic E-state index is -0.493. The molecule has 4 heterocycles. The van der Waals surface area contributed by atoms with E-state index in [0.29, 0.717) is 12.5 Å². The van der Waals surface area contributed by atoms with Crippen LogP contribution in [-0.2, 0) is 11.3 Å². The number of anilines is 2. The van der Waals surface area contributed by atoms with Crippen LogP contribution in [0.25, 0.3) is 22.5 Å². The second-order valence-corrected chi connectivity index (χ2v) is 10.8. The fourth-order valence-electron chi connectivity index (χ4n) is 4.77. The fourth-order valence-corrected chi connectivity index (χ4v) is 4.77.